The van der Waals surface area contributed by atoms with Crippen molar-refractivity contribution in [3.63, 3.8) is 0 Å². The summed E-state index contributed by atoms with van der Waals surface area (Å²) in [7, 11) is 0. The van der Waals surface area contributed by atoms with Gasteiger partial charge in [0, 0.05) is 0 Å². The minimum Gasteiger partial charge on any atom is -0.344 e. The highest BCUT2D eigenvalue weighted by molar-refractivity contribution is 5.78. The van der Waals surface area contributed by atoms with Gasteiger partial charge in [0.1, 0.15) is 5.69 Å². The first-order valence-electron chi connectivity index (χ1n) is 6.02. The lowest BCUT2D eigenvalue weighted by Gasteiger charge is -2.23. The van der Waals surface area contributed by atoms with Gasteiger partial charge >= 0.3 is 0 Å². The van der Waals surface area contributed by atoms with Gasteiger partial charge < -0.3 is 11.1 Å². The molecule has 1 aromatic heterocycles. The summed E-state index contributed by atoms with van der Waals surface area (Å²) in [6.07, 6.45) is 1.80. The van der Waals surface area contributed by atoms with E-state index in [0.29, 0.717) is 5.69 Å². The molecule has 2 rings (SSSR count). The molecule has 0 fully saturated rings. The third-order valence-electron chi connectivity index (χ3n) is 2.79. The number of nitrogens with two attached hydrogens (primary N) is 1. The first-order valence-corrected chi connectivity index (χ1v) is 6.02. The molecular weight excluding hydrogens is 242 g/mol. The number of hydrogen-bond acceptors (Lipinski definition) is 4. The van der Waals surface area contributed by atoms with Gasteiger partial charge in [-0.1, -0.05) is 23.4 Å². The van der Waals surface area contributed by atoms with Crippen molar-refractivity contribution in [1.82, 2.24) is 20.3 Å². The zero-order valence-corrected chi connectivity index (χ0v) is 11.0. The fourth-order valence-corrected chi connectivity index (χ4v) is 1.72. The molecule has 0 unspecified atom stereocenters. The normalized spacial score (nSPS) is 11.3. The second kappa shape index (κ2) is 5.19. The summed E-state index contributed by atoms with van der Waals surface area (Å²) in [4.78, 5) is 11.4. The Balaban J connectivity index is 2.23. The van der Waals surface area contributed by atoms with Crippen LogP contribution in [0.25, 0.3) is 5.69 Å². The molecule has 19 heavy (non-hydrogen) atoms. The topological polar surface area (TPSA) is 85.8 Å². The third-order valence-corrected chi connectivity index (χ3v) is 2.79. The van der Waals surface area contributed by atoms with Crippen LogP contribution >= 0.6 is 0 Å². The Morgan fingerprint density at radius 1 is 1.37 bits per heavy atom. The van der Waals surface area contributed by atoms with Crippen molar-refractivity contribution >= 4 is 5.91 Å². The summed E-state index contributed by atoms with van der Waals surface area (Å²) in [6.45, 7) is 3.68. The van der Waals surface area contributed by atoms with Crippen LogP contribution in [0.3, 0.4) is 0 Å². The Kier molecular flexibility index (Phi) is 3.62. The highest BCUT2D eigenvalue weighted by atomic mass is 16.2. The highest BCUT2D eigenvalue weighted by Gasteiger charge is 2.25. The van der Waals surface area contributed by atoms with E-state index in [1.165, 1.54) is 0 Å². The van der Waals surface area contributed by atoms with E-state index in [1.807, 2.05) is 44.2 Å². The predicted molar refractivity (Wildman–Crippen MR) is 71.6 cm³/mol. The average molecular weight is 259 g/mol. The monoisotopic (exact) mass is 259 g/mol. The number of hydrogen-bond donors (Lipinski definition) is 2. The zero-order valence-electron chi connectivity index (χ0n) is 11.0. The molecular formula is C13H17N5O. The van der Waals surface area contributed by atoms with Crippen LogP contribution < -0.4 is 11.1 Å². The van der Waals surface area contributed by atoms with Gasteiger partial charge in [-0.05, 0) is 26.0 Å². The van der Waals surface area contributed by atoms with Gasteiger partial charge in [-0.25, -0.2) is 4.68 Å². The van der Waals surface area contributed by atoms with Gasteiger partial charge in [0.2, 0.25) is 5.91 Å². The van der Waals surface area contributed by atoms with E-state index in [2.05, 4.69) is 15.6 Å². The Morgan fingerprint density at radius 2 is 2.05 bits per heavy atom. The maximum atomic E-state index is 11.4. The van der Waals surface area contributed by atoms with Crippen molar-refractivity contribution in [2.45, 2.75) is 19.4 Å². The fraction of sp³-hybridized carbons (Fsp3) is 0.308. The molecule has 1 aromatic carbocycles. The van der Waals surface area contributed by atoms with Crippen molar-refractivity contribution in [3.05, 3.63) is 42.2 Å². The van der Waals surface area contributed by atoms with Crippen LogP contribution in [0.2, 0.25) is 0 Å². The average Bonchev–Trinajstić information content (AvgIpc) is 2.89. The van der Waals surface area contributed by atoms with E-state index < -0.39 is 5.54 Å². The molecule has 0 spiro atoms. The lowest BCUT2D eigenvalue weighted by molar-refractivity contribution is -0.121. The van der Waals surface area contributed by atoms with E-state index >= 15 is 0 Å². The van der Waals surface area contributed by atoms with Crippen LogP contribution in [0.1, 0.15) is 19.5 Å². The van der Waals surface area contributed by atoms with Crippen LogP contribution in [0.5, 0.6) is 0 Å². The summed E-state index contributed by atoms with van der Waals surface area (Å²) < 4.78 is 1.67. The summed E-state index contributed by atoms with van der Waals surface area (Å²) in [5.41, 5.74) is 6.29. The summed E-state index contributed by atoms with van der Waals surface area (Å²) >= 11 is 0. The maximum absolute atomic E-state index is 11.4. The number of aromatic nitrogens is 3. The summed E-state index contributed by atoms with van der Waals surface area (Å²) in [5.74, 6) is -0.223. The molecule has 3 N–H and O–H groups in total. The largest absolute Gasteiger partial charge is 0.344 e. The molecule has 6 heteroatoms. The minimum atomic E-state index is -0.608. The van der Waals surface area contributed by atoms with Gasteiger partial charge in [0.05, 0.1) is 24.0 Å². The number of carbonyl (C=O) groups is 1. The molecule has 0 aliphatic carbocycles. The van der Waals surface area contributed by atoms with Gasteiger partial charge in [-0.15, -0.1) is 5.10 Å². The van der Waals surface area contributed by atoms with Crippen molar-refractivity contribution in [2.75, 3.05) is 6.54 Å². The van der Waals surface area contributed by atoms with Crippen LogP contribution in [0.4, 0.5) is 0 Å². The lowest BCUT2D eigenvalue weighted by Crippen LogP contribution is -2.44. The van der Waals surface area contributed by atoms with Crippen LogP contribution in [-0.4, -0.2) is 27.4 Å². The van der Waals surface area contributed by atoms with Crippen molar-refractivity contribution in [1.29, 1.82) is 0 Å². The number of nitrogens with one attached hydrogen (secondary N) is 1. The molecule has 1 amide bonds. The second-order valence-electron chi connectivity index (χ2n) is 4.76. The molecule has 0 radical (unpaired) electrons. The number of carbonyl (C=O) groups excluding carboxylic acids is 1. The molecule has 0 bridgehead atoms. The van der Waals surface area contributed by atoms with E-state index in [-0.39, 0.29) is 12.5 Å². The van der Waals surface area contributed by atoms with Crippen LogP contribution in [0, 0.1) is 0 Å². The van der Waals surface area contributed by atoms with Gasteiger partial charge in [-0.3, -0.25) is 4.79 Å². The van der Waals surface area contributed by atoms with Crippen LogP contribution in [-0.2, 0) is 10.3 Å². The standard InChI is InChI=1S/C13H17N5O/c1-13(2,15-12(19)8-14)11-9-18(17-16-11)10-6-4-3-5-7-10/h3-7,9H,8,14H2,1-2H3,(H,15,19). The van der Waals surface area contributed by atoms with Gasteiger partial charge in [0.25, 0.3) is 0 Å². The molecule has 0 atom stereocenters. The second-order valence-corrected chi connectivity index (χ2v) is 4.76. The first-order chi connectivity index (χ1) is 9.03. The quantitative estimate of drug-likeness (QED) is 0.841. The summed E-state index contributed by atoms with van der Waals surface area (Å²) in [6, 6.07) is 9.66. The molecule has 6 nitrogen and oxygen atoms in total. The number of para-hydroxylation sites is 1. The van der Waals surface area contributed by atoms with Crippen molar-refractivity contribution in [2.24, 2.45) is 5.73 Å². The molecule has 1 heterocycles. The number of amides is 1. The Bertz CT molecular complexity index is 561. The molecule has 2 aromatic rings. The van der Waals surface area contributed by atoms with Gasteiger partial charge in [-0.2, -0.15) is 0 Å². The number of rotatable bonds is 4. The Hall–Kier alpha value is -2.21. The summed E-state index contributed by atoms with van der Waals surface area (Å²) in [5, 5.41) is 11.0. The fourth-order valence-electron chi connectivity index (χ4n) is 1.72. The maximum Gasteiger partial charge on any atom is 0.234 e. The van der Waals surface area contributed by atoms with Crippen molar-refractivity contribution < 1.29 is 4.79 Å². The SMILES string of the molecule is CC(C)(NC(=O)CN)c1cn(-c2ccccc2)nn1. The van der Waals surface area contributed by atoms with Crippen molar-refractivity contribution in [3.8, 4) is 5.69 Å². The molecule has 0 aliphatic rings. The van der Waals surface area contributed by atoms with E-state index in [1.54, 1.807) is 10.9 Å². The first kappa shape index (κ1) is 13.2. The molecule has 100 valence electrons. The van der Waals surface area contributed by atoms with E-state index in [9.17, 15) is 4.79 Å². The number of nitrogens with zero attached hydrogens (tertiary/aromatic N) is 3. The molecule has 0 aliphatic heterocycles. The third kappa shape index (κ3) is 2.97. The lowest BCUT2D eigenvalue weighted by atomic mass is 10.0. The van der Waals surface area contributed by atoms with E-state index in [0.717, 1.165) is 5.69 Å². The smallest absolute Gasteiger partial charge is 0.234 e. The Labute approximate surface area is 111 Å². The van der Waals surface area contributed by atoms with Gasteiger partial charge in [0.15, 0.2) is 0 Å². The van der Waals surface area contributed by atoms with Crippen LogP contribution in [0.15, 0.2) is 36.5 Å². The van der Waals surface area contributed by atoms with E-state index in [4.69, 9.17) is 5.73 Å². The highest BCUT2D eigenvalue weighted by Crippen LogP contribution is 2.18. The predicted octanol–water partition coefficient (Wildman–Crippen LogP) is 0.577. The molecule has 0 saturated heterocycles. The number of benzene rings is 1. The minimum absolute atomic E-state index is 0.0454. The zero-order chi connectivity index (χ0) is 13.9. The Morgan fingerprint density at radius 3 is 2.68 bits per heavy atom. The molecule has 0 saturated carbocycles.